The van der Waals surface area contributed by atoms with E-state index in [9.17, 15) is 4.79 Å². The molecular formula is C17H26N2O2. The quantitative estimate of drug-likeness (QED) is 0.810. The van der Waals surface area contributed by atoms with E-state index in [1.165, 1.54) is 19.3 Å². The first kappa shape index (κ1) is 16.0. The maximum absolute atomic E-state index is 11.9. The van der Waals surface area contributed by atoms with Gasteiger partial charge in [-0.25, -0.2) is 0 Å². The summed E-state index contributed by atoms with van der Waals surface area (Å²) in [6.07, 6.45) is 5.30. The fraction of sp³-hybridized carbons (Fsp3) is 0.588. The summed E-state index contributed by atoms with van der Waals surface area (Å²) in [5, 5.41) is 6.48. The van der Waals surface area contributed by atoms with Crippen molar-refractivity contribution in [1.29, 1.82) is 0 Å². The molecule has 1 heterocycles. The summed E-state index contributed by atoms with van der Waals surface area (Å²) in [7, 11) is 1.69. The minimum Gasteiger partial charge on any atom is -0.380 e. The molecule has 2 rings (SSSR count). The van der Waals surface area contributed by atoms with E-state index in [2.05, 4.69) is 16.7 Å². The Labute approximate surface area is 127 Å². The third-order valence-corrected chi connectivity index (χ3v) is 3.92. The van der Waals surface area contributed by atoms with E-state index in [-0.39, 0.29) is 5.91 Å². The molecule has 116 valence electrons. The van der Waals surface area contributed by atoms with Crippen LogP contribution in [-0.2, 0) is 22.7 Å². The number of nitrogens with one attached hydrogen (secondary N) is 2. The van der Waals surface area contributed by atoms with E-state index in [1.807, 2.05) is 18.2 Å². The Morgan fingerprint density at radius 2 is 2.24 bits per heavy atom. The highest BCUT2D eigenvalue weighted by Crippen LogP contribution is 2.12. The van der Waals surface area contributed by atoms with E-state index in [0.29, 0.717) is 25.6 Å². The lowest BCUT2D eigenvalue weighted by molar-refractivity contribution is -0.121. The Morgan fingerprint density at radius 3 is 3.00 bits per heavy atom. The Kier molecular flexibility index (Phi) is 6.70. The molecule has 1 saturated heterocycles. The molecule has 1 aromatic carbocycles. The van der Waals surface area contributed by atoms with Crippen molar-refractivity contribution in [2.45, 2.75) is 51.3 Å². The number of carbonyl (C=O) groups is 1. The standard InChI is InChI=1S/C17H26N2O2/c1-21-13-15-6-4-5-14(11-15)12-19-17(20)9-8-16-7-2-3-10-18-16/h4-6,11,16,18H,2-3,7-10,12-13H2,1H3,(H,19,20). The second-order valence-corrected chi connectivity index (χ2v) is 5.72. The molecule has 21 heavy (non-hydrogen) atoms. The first-order valence-corrected chi connectivity index (χ1v) is 7.85. The molecule has 4 heteroatoms. The minimum atomic E-state index is 0.138. The summed E-state index contributed by atoms with van der Waals surface area (Å²) >= 11 is 0. The van der Waals surface area contributed by atoms with Crippen LogP contribution in [0.15, 0.2) is 24.3 Å². The van der Waals surface area contributed by atoms with Crippen molar-refractivity contribution in [3.63, 3.8) is 0 Å². The Balaban J connectivity index is 1.69. The number of hydrogen-bond donors (Lipinski definition) is 2. The predicted octanol–water partition coefficient (Wildman–Crippen LogP) is 2.37. The molecule has 1 atom stereocenters. The fourth-order valence-electron chi connectivity index (χ4n) is 2.76. The Bertz CT molecular complexity index is 442. The predicted molar refractivity (Wildman–Crippen MR) is 83.9 cm³/mol. The van der Waals surface area contributed by atoms with Crippen LogP contribution in [-0.4, -0.2) is 25.6 Å². The van der Waals surface area contributed by atoms with E-state index in [1.54, 1.807) is 7.11 Å². The van der Waals surface area contributed by atoms with Gasteiger partial charge in [0.05, 0.1) is 6.61 Å². The number of carbonyl (C=O) groups excluding carboxylic acids is 1. The van der Waals surface area contributed by atoms with Crippen LogP contribution in [0, 0.1) is 0 Å². The van der Waals surface area contributed by atoms with E-state index < -0.39 is 0 Å². The van der Waals surface area contributed by atoms with Gasteiger partial charge >= 0.3 is 0 Å². The first-order chi connectivity index (χ1) is 10.3. The van der Waals surface area contributed by atoms with Crippen LogP contribution in [0.25, 0.3) is 0 Å². The number of rotatable bonds is 7. The highest BCUT2D eigenvalue weighted by molar-refractivity contribution is 5.75. The van der Waals surface area contributed by atoms with Crippen LogP contribution in [0.2, 0.25) is 0 Å². The summed E-state index contributed by atoms with van der Waals surface area (Å²) in [6.45, 7) is 2.29. The third kappa shape index (κ3) is 5.86. The molecule has 0 bridgehead atoms. The van der Waals surface area contributed by atoms with Gasteiger partial charge in [0, 0.05) is 26.1 Å². The first-order valence-electron chi connectivity index (χ1n) is 7.85. The summed E-state index contributed by atoms with van der Waals surface area (Å²) in [5.74, 6) is 0.138. The van der Waals surface area contributed by atoms with Gasteiger partial charge in [-0.05, 0) is 36.9 Å². The lowest BCUT2D eigenvalue weighted by atomic mass is 10.0. The molecule has 0 saturated carbocycles. The normalized spacial score (nSPS) is 18.4. The average molecular weight is 290 g/mol. The Hall–Kier alpha value is -1.39. The van der Waals surface area contributed by atoms with Crippen LogP contribution >= 0.6 is 0 Å². The van der Waals surface area contributed by atoms with Gasteiger partial charge in [0.1, 0.15) is 0 Å². The minimum absolute atomic E-state index is 0.138. The van der Waals surface area contributed by atoms with Gasteiger partial charge in [-0.3, -0.25) is 4.79 Å². The molecule has 0 aromatic heterocycles. The average Bonchev–Trinajstić information content (AvgIpc) is 2.53. The zero-order valence-corrected chi connectivity index (χ0v) is 12.9. The molecule has 0 spiro atoms. The van der Waals surface area contributed by atoms with E-state index in [0.717, 1.165) is 24.1 Å². The molecule has 1 aliphatic heterocycles. The summed E-state index contributed by atoms with van der Waals surface area (Å²) in [6, 6.07) is 8.66. The van der Waals surface area contributed by atoms with Crippen molar-refractivity contribution in [3.8, 4) is 0 Å². The number of ether oxygens (including phenoxy) is 1. The van der Waals surface area contributed by atoms with Gasteiger partial charge < -0.3 is 15.4 Å². The number of hydrogen-bond acceptors (Lipinski definition) is 3. The number of benzene rings is 1. The van der Waals surface area contributed by atoms with Crippen LogP contribution in [0.3, 0.4) is 0 Å². The number of piperidine rings is 1. The molecule has 1 fully saturated rings. The van der Waals surface area contributed by atoms with Crippen LogP contribution < -0.4 is 10.6 Å². The summed E-state index contributed by atoms with van der Waals surface area (Å²) in [5.41, 5.74) is 2.25. The van der Waals surface area contributed by atoms with Crippen LogP contribution in [0.4, 0.5) is 0 Å². The van der Waals surface area contributed by atoms with Gasteiger partial charge in [-0.2, -0.15) is 0 Å². The molecule has 4 nitrogen and oxygen atoms in total. The second kappa shape index (κ2) is 8.80. The fourth-order valence-corrected chi connectivity index (χ4v) is 2.76. The van der Waals surface area contributed by atoms with Gasteiger partial charge in [0.2, 0.25) is 5.91 Å². The highest BCUT2D eigenvalue weighted by atomic mass is 16.5. The second-order valence-electron chi connectivity index (χ2n) is 5.72. The topological polar surface area (TPSA) is 50.4 Å². The summed E-state index contributed by atoms with van der Waals surface area (Å²) < 4.78 is 5.12. The number of methoxy groups -OCH3 is 1. The maximum atomic E-state index is 11.9. The van der Waals surface area contributed by atoms with Gasteiger partial charge in [-0.1, -0.05) is 30.7 Å². The summed E-state index contributed by atoms with van der Waals surface area (Å²) in [4.78, 5) is 11.9. The van der Waals surface area contributed by atoms with Gasteiger partial charge in [0.25, 0.3) is 0 Å². The largest absolute Gasteiger partial charge is 0.380 e. The van der Waals surface area contributed by atoms with E-state index in [4.69, 9.17) is 4.74 Å². The SMILES string of the molecule is COCc1cccc(CNC(=O)CCC2CCCCN2)c1. The third-order valence-electron chi connectivity index (χ3n) is 3.92. The van der Waals surface area contributed by atoms with Crippen molar-refractivity contribution in [1.82, 2.24) is 10.6 Å². The van der Waals surface area contributed by atoms with Gasteiger partial charge in [0.15, 0.2) is 0 Å². The molecule has 2 N–H and O–H groups in total. The maximum Gasteiger partial charge on any atom is 0.220 e. The smallest absolute Gasteiger partial charge is 0.220 e. The zero-order valence-electron chi connectivity index (χ0n) is 12.9. The van der Waals surface area contributed by atoms with E-state index >= 15 is 0 Å². The molecule has 1 unspecified atom stereocenters. The van der Waals surface area contributed by atoms with Crippen molar-refractivity contribution in [2.75, 3.05) is 13.7 Å². The lowest BCUT2D eigenvalue weighted by Gasteiger charge is -2.23. The van der Waals surface area contributed by atoms with Crippen LogP contribution in [0.5, 0.6) is 0 Å². The highest BCUT2D eigenvalue weighted by Gasteiger charge is 2.13. The molecule has 1 amide bonds. The van der Waals surface area contributed by atoms with Crippen molar-refractivity contribution in [3.05, 3.63) is 35.4 Å². The molecule has 0 aliphatic carbocycles. The lowest BCUT2D eigenvalue weighted by Crippen LogP contribution is -2.35. The number of amides is 1. The zero-order chi connectivity index (χ0) is 14.9. The van der Waals surface area contributed by atoms with Crippen molar-refractivity contribution in [2.24, 2.45) is 0 Å². The molecular weight excluding hydrogens is 264 g/mol. The monoisotopic (exact) mass is 290 g/mol. The van der Waals surface area contributed by atoms with Crippen LogP contribution in [0.1, 0.15) is 43.2 Å². The van der Waals surface area contributed by atoms with Crippen molar-refractivity contribution >= 4 is 5.91 Å². The molecule has 0 radical (unpaired) electrons. The Morgan fingerprint density at radius 1 is 1.38 bits per heavy atom. The molecule has 1 aliphatic rings. The molecule has 1 aromatic rings. The van der Waals surface area contributed by atoms with Gasteiger partial charge in [-0.15, -0.1) is 0 Å². The van der Waals surface area contributed by atoms with Crippen molar-refractivity contribution < 1.29 is 9.53 Å².